The van der Waals surface area contributed by atoms with Crippen LogP contribution < -0.4 is 0 Å². The number of amides is 2. The number of esters is 1. The van der Waals surface area contributed by atoms with E-state index >= 15 is 0 Å². The highest BCUT2D eigenvalue weighted by atomic mass is 16.5. The zero-order chi connectivity index (χ0) is 22.1. The highest BCUT2D eigenvalue weighted by Crippen LogP contribution is 2.25. The predicted octanol–water partition coefficient (Wildman–Crippen LogP) is 2.29. The van der Waals surface area contributed by atoms with Crippen LogP contribution in [-0.2, 0) is 25.7 Å². The number of aliphatic hydroxyl groups is 1. The summed E-state index contributed by atoms with van der Waals surface area (Å²) in [7, 11) is 0. The van der Waals surface area contributed by atoms with Gasteiger partial charge in [0.15, 0.2) is 0 Å². The van der Waals surface area contributed by atoms with Crippen LogP contribution in [-0.4, -0.2) is 65.0 Å². The van der Waals surface area contributed by atoms with E-state index in [-0.39, 0.29) is 50.0 Å². The van der Waals surface area contributed by atoms with Gasteiger partial charge in [-0.3, -0.25) is 14.4 Å². The Hall–Kier alpha value is -2.67. The molecule has 0 unspecified atom stereocenters. The Bertz CT molecular complexity index is 779. The number of cyclic esters (lactones) is 1. The molecule has 0 radical (unpaired) electrons. The van der Waals surface area contributed by atoms with Crippen molar-refractivity contribution in [1.82, 2.24) is 9.80 Å². The molecule has 7 nitrogen and oxygen atoms in total. The van der Waals surface area contributed by atoms with E-state index in [2.05, 4.69) is 0 Å². The molecule has 0 aliphatic carbocycles. The van der Waals surface area contributed by atoms with Gasteiger partial charge in [-0.2, -0.15) is 0 Å². The van der Waals surface area contributed by atoms with E-state index < -0.39 is 5.92 Å². The molecule has 0 bridgehead atoms. The molecule has 1 fully saturated rings. The minimum Gasteiger partial charge on any atom is -0.463 e. The zero-order valence-corrected chi connectivity index (χ0v) is 17.9. The second-order valence-electron chi connectivity index (χ2n) is 8.18. The molecule has 1 aromatic rings. The van der Waals surface area contributed by atoms with Crippen LogP contribution in [0.4, 0.5) is 0 Å². The minimum absolute atomic E-state index is 0.0548. The molecule has 2 heterocycles. The van der Waals surface area contributed by atoms with Crippen molar-refractivity contribution in [3.63, 3.8) is 0 Å². The Morgan fingerprint density at radius 3 is 2.77 bits per heavy atom. The first kappa shape index (κ1) is 23.0. The molecule has 0 saturated carbocycles. The van der Waals surface area contributed by atoms with E-state index in [1.54, 1.807) is 9.80 Å². The van der Waals surface area contributed by atoms with Crippen LogP contribution in [0.3, 0.4) is 0 Å². The maximum Gasteiger partial charge on any atom is 0.306 e. The van der Waals surface area contributed by atoms with Crippen molar-refractivity contribution >= 4 is 17.8 Å². The van der Waals surface area contributed by atoms with Crippen molar-refractivity contribution < 1.29 is 24.2 Å². The first-order valence-corrected chi connectivity index (χ1v) is 11.1. The second-order valence-corrected chi connectivity index (χ2v) is 8.18. The monoisotopic (exact) mass is 428 g/mol. The number of fused-ring (bicyclic) bond motifs is 1. The quantitative estimate of drug-likeness (QED) is 0.555. The van der Waals surface area contributed by atoms with Crippen molar-refractivity contribution in [2.75, 3.05) is 26.3 Å². The maximum atomic E-state index is 13.3. The third kappa shape index (κ3) is 6.66. The lowest BCUT2D eigenvalue weighted by molar-refractivity contribution is -0.149. The van der Waals surface area contributed by atoms with Gasteiger partial charge in [-0.25, -0.2) is 0 Å². The summed E-state index contributed by atoms with van der Waals surface area (Å²) in [6, 6.07) is 9.52. The Labute approximate surface area is 183 Å². The largest absolute Gasteiger partial charge is 0.463 e. The standard InChI is InChI=1S/C24H32N2O5/c27-15-14-25(17-19-8-3-1-4-9-19)22(28)16-20-10-5-2-6-12-23(29)31-18-21-11-7-13-26(21)24(20)30/h1-5,8-9,20-21,27H,6-7,10-18H2/b5-2-/t20-,21-/m0/s1. The Morgan fingerprint density at radius 2 is 2.00 bits per heavy atom. The van der Waals surface area contributed by atoms with Gasteiger partial charge in [0, 0.05) is 32.5 Å². The van der Waals surface area contributed by atoms with Gasteiger partial charge < -0.3 is 19.6 Å². The second kappa shape index (κ2) is 11.6. The fourth-order valence-corrected chi connectivity index (χ4v) is 4.20. The molecule has 0 aromatic heterocycles. The van der Waals surface area contributed by atoms with Gasteiger partial charge in [0.25, 0.3) is 0 Å². The molecule has 2 aliphatic heterocycles. The van der Waals surface area contributed by atoms with Crippen LogP contribution in [0.2, 0.25) is 0 Å². The summed E-state index contributed by atoms with van der Waals surface area (Å²) < 4.78 is 5.36. The molecule has 1 aromatic carbocycles. The number of benzene rings is 1. The van der Waals surface area contributed by atoms with Gasteiger partial charge in [0.05, 0.1) is 18.6 Å². The highest BCUT2D eigenvalue weighted by Gasteiger charge is 2.35. The van der Waals surface area contributed by atoms with Crippen molar-refractivity contribution in [2.24, 2.45) is 5.92 Å². The molecule has 7 heteroatoms. The van der Waals surface area contributed by atoms with Crippen LogP contribution in [0.5, 0.6) is 0 Å². The molecule has 0 spiro atoms. The van der Waals surface area contributed by atoms with Crippen molar-refractivity contribution in [2.45, 2.75) is 51.1 Å². The Kier molecular flexibility index (Phi) is 8.64. The van der Waals surface area contributed by atoms with Gasteiger partial charge in [0.1, 0.15) is 6.61 Å². The SMILES string of the molecule is O=C1CC/C=C\C[C@@H](CC(=O)N(CCO)Cc2ccccc2)C(=O)N2CCC[C@H]2CO1. The summed E-state index contributed by atoms with van der Waals surface area (Å²) in [5, 5.41) is 9.45. The molecular weight excluding hydrogens is 396 g/mol. The number of carbonyl (C=O) groups excluding carboxylic acids is 3. The number of ether oxygens (including phenoxy) is 1. The summed E-state index contributed by atoms with van der Waals surface area (Å²) in [4.78, 5) is 41.7. The lowest BCUT2D eigenvalue weighted by Gasteiger charge is -2.30. The Balaban J connectivity index is 1.73. The number of nitrogens with zero attached hydrogens (tertiary/aromatic N) is 2. The summed E-state index contributed by atoms with van der Waals surface area (Å²) in [5.74, 6) is -0.895. The van der Waals surface area contributed by atoms with E-state index in [1.807, 2.05) is 42.5 Å². The van der Waals surface area contributed by atoms with E-state index in [9.17, 15) is 19.5 Å². The lowest BCUT2D eigenvalue weighted by Crippen LogP contribution is -2.44. The van der Waals surface area contributed by atoms with Gasteiger partial charge in [0.2, 0.25) is 11.8 Å². The van der Waals surface area contributed by atoms with E-state index in [4.69, 9.17) is 4.74 Å². The summed E-state index contributed by atoms with van der Waals surface area (Å²) in [5.41, 5.74) is 0.982. The first-order chi connectivity index (χ1) is 15.1. The average molecular weight is 429 g/mol. The molecule has 1 N–H and O–H groups in total. The smallest absolute Gasteiger partial charge is 0.306 e. The number of aliphatic hydroxyl groups excluding tert-OH is 1. The van der Waals surface area contributed by atoms with Crippen molar-refractivity contribution in [1.29, 1.82) is 0 Å². The molecule has 2 amide bonds. The molecular formula is C24H32N2O5. The van der Waals surface area contributed by atoms with Crippen molar-refractivity contribution in [3.05, 3.63) is 48.0 Å². The van der Waals surface area contributed by atoms with E-state index in [0.717, 1.165) is 18.4 Å². The molecule has 168 valence electrons. The molecule has 31 heavy (non-hydrogen) atoms. The van der Waals surface area contributed by atoms with Crippen LogP contribution >= 0.6 is 0 Å². The van der Waals surface area contributed by atoms with Gasteiger partial charge in [-0.1, -0.05) is 42.5 Å². The predicted molar refractivity (Wildman–Crippen MR) is 116 cm³/mol. The van der Waals surface area contributed by atoms with Crippen LogP contribution in [0.25, 0.3) is 0 Å². The molecule has 3 rings (SSSR count). The van der Waals surface area contributed by atoms with Crippen molar-refractivity contribution in [3.8, 4) is 0 Å². The fourth-order valence-electron chi connectivity index (χ4n) is 4.20. The number of hydrogen-bond acceptors (Lipinski definition) is 5. The van der Waals surface area contributed by atoms with Gasteiger partial charge >= 0.3 is 5.97 Å². The van der Waals surface area contributed by atoms with Gasteiger partial charge in [-0.15, -0.1) is 0 Å². The highest BCUT2D eigenvalue weighted by molar-refractivity contribution is 5.86. The van der Waals surface area contributed by atoms with Gasteiger partial charge in [-0.05, 0) is 31.2 Å². The third-order valence-electron chi connectivity index (χ3n) is 5.91. The summed E-state index contributed by atoms with van der Waals surface area (Å²) >= 11 is 0. The molecule has 1 saturated heterocycles. The van der Waals surface area contributed by atoms with Crippen LogP contribution in [0.1, 0.15) is 44.1 Å². The van der Waals surface area contributed by atoms with E-state index in [1.165, 1.54) is 0 Å². The maximum absolute atomic E-state index is 13.3. The zero-order valence-electron chi connectivity index (χ0n) is 17.9. The molecule has 2 aliphatic rings. The number of carbonyl (C=O) groups is 3. The summed E-state index contributed by atoms with van der Waals surface area (Å²) in [6.07, 6.45) is 6.89. The lowest BCUT2D eigenvalue weighted by atomic mass is 9.97. The third-order valence-corrected chi connectivity index (χ3v) is 5.91. The topological polar surface area (TPSA) is 87.2 Å². The first-order valence-electron chi connectivity index (χ1n) is 11.1. The van der Waals surface area contributed by atoms with E-state index in [0.29, 0.717) is 32.4 Å². The summed E-state index contributed by atoms with van der Waals surface area (Å²) in [6.45, 7) is 1.35. The minimum atomic E-state index is -0.462. The average Bonchev–Trinajstić information content (AvgIpc) is 3.24. The van der Waals surface area contributed by atoms with Crippen LogP contribution in [0.15, 0.2) is 42.5 Å². The fraction of sp³-hybridized carbons (Fsp3) is 0.542. The normalized spacial score (nSPS) is 23.3. The molecule has 2 atom stereocenters. The number of rotatable bonds is 6. The number of allylic oxidation sites excluding steroid dienone is 2. The number of hydrogen-bond donors (Lipinski definition) is 1. The Morgan fingerprint density at radius 1 is 1.19 bits per heavy atom. The van der Waals surface area contributed by atoms with Crippen LogP contribution in [0, 0.1) is 5.92 Å².